The Morgan fingerprint density at radius 3 is 2.57 bits per heavy atom. The number of hydrogen-bond acceptors (Lipinski definition) is 2. The SMILES string of the molecule is Oc1c(Br)cc(Br)c(-c2cc(F)cc3cccnc23)c1Br. The molecule has 1 heterocycles. The minimum atomic E-state index is -0.355. The van der Waals surface area contributed by atoms with Gasteiger partial charge in [-0.2, -0.15) is 0 Å². The zero-order chi connectivity index (χ0) is 15.1. The third-order valence-electron chi connectivity index (χ3n) is 3.08. The predicted molar refractivity (Wildman–Crippen MR) is 91.9 cm³/mol. The van der Waals surface area contributed by atoms with Crippen LogP contribution < -0.4 is 0 Å². The summed E-state index contributed by atoms with van der Waals surface area (Å²) in [6, 6.07) is 8.12. The standard InChI is InChI=1S/C15H7Br3FNO/c16-10-6-11(17)15(21)13(18)12(10)9-5-8(19)4-7-2-1-3-20-14(7)9/h1-6,21H. The van der Waals surface area contributed by atoms with E-state index in [1.807, 2.05) is 0 Å². The van der Waals surface area contributed by atoms with Crippen LogP contribution in [0.3, 0.4) is 0 Å². The normalized spacial score (nSPS) is 11.0. The molecule has 3 rings (SSSR count). The van der Waals surface area contributed by atoms with E-state index in [1.165, 1.54) is 12.1 Å². The summed E-state index contributed by atoms with van der Waals surface area (Å²) >= 11 is 10.1. The van der Waals surface area contributed by atoms with Gasteiger partial charge in [-0.15, -0.1) is 0 Å². The Hall–Kier alpha value is -0.980. The summed E-state index contributed by atoms with van der Waals surface area (Å²) in [5, 5.41) is 10.8. The van der Waals surface area contributed by atoms with Gasteiger partial charge in [-0.05, 0) is 56.1 Å². The number of pyridine rings is 1. The molecule has 0 amide bonds. The van der Waals surface area contributed by atoms with E-state index >= 15 is 0 Å². The molecule has 0 saturated heterocycles. The van der Waals surface area contributed by atoms with Crippen LogP contribution >= 0.6 is 47.8 Å². The van der Waals surface area contributed by atoms with E-state index in [4.69, 9.17) is 0 Å². The molecule has 1 aromatic heterocycles. The number of hydrogen-bond donors (Lipinski definition) is 1. The van der Waals surface area contributed by atoms with Crippen molar-refractivity contribution >= 4 is 58.7 Å². The van der Waals surface area contributed by atoms with Gasteiger partial charge in [0, 0.05) is 27.2 Å². The van der Waals surface area contributed by atoms with E-state index < -0.39 is 0 Å². The van der Waals surface area contributed by atoms with Gasteiger partial charge in [-0.3, -0.25) is 4.98 Å². The van der Waals surface area contributed by atoms with Crippen molar-refractivity contribution in [1.82, 2.24) is 4.98 Å². The molecule has 1 N–H and O–H groups in total. The van der Waals surface area contributed by atoms with Gasteiger partial charge >= 0.3 is 0 Å². The van der Waals surface area contributed by atoms with Crippen molar-refractivity contribution in [3.63, 3.8) is 0 Å². The molecule has 0 atom stereocenters. The monoisotopic (exact) mass is 473 g/mol. The van der Waals surface area contributed by atoms with Crippen molar-refractivity contribution in [3.05, 3.63) is 55.8 Å². The van der Waals surface area contributed by atoms with Crippen molar-refractivity contribution in [1.29, 1.82) is 0 Å². The first kappa shape index (κ1) is 14.9. The molecule has 0 aliphatic heterocycles. The van der Waals surface area contributed by atoms with E-state index in [0.717, 1.165) is 4.47 Å². The van der Waals surface area contributed by atoms with Gasteiger partial charge < -0.3 is 5.11 Å². The molecule has 106 valence electrons. The molecule has 21 heavy (non-hydrogen) atoms. The van der Waals surface area contributed by atoms with Gasteiger partial charge in [-0.25, -0.2) is 4.39 Å². The number of aromatic hydroxyl groups is 1. The lowest BCUT2D eigenvalue weighted by atomic mass is 10.0. The number of phenolic OH excluding ortho intramolecular Hbond substituents is 1. The van der Waals surface area contributed by atoms with Gasteiger partial charge in [0.25, 0.3) is 0 Å². The fraction of sp³-hybridized carbons (Fsp3) is 0. The average Bonchev–Trinajstić information content (AvgIpc) is 2.44. The first-order valence-corrected chi connectivity index (χ1v) is 8.28. The fourth-order valence-corrected chi connectivity index (χ4v) is 4.72. The highest BCUT2D eigenvalue weighted by Crippen LogP contribution is 2.46. The number of rotatable bonds is 1. The molecule has 0 aliphatic carbocycles. The quantitative estimate of drug-likeness (QED) is 0.466. The van der Waals surface area contributed by atoms with Crippen LogP contribution in [-0.2, 0) is 0 Å². The maximum Gasteiger partial charge on any atom is 0.144 e. The van der Waals surface area contributed by atoms with Crippen LogP contribution in [0.4, 0.5) is 4.39 Å². The summed E-state index contributed by atoms with van der Waals surface area (Å²) in [5.41, 5.74) is 1.92. The largest absolute Gasteiger partial charge is 0.506 e. The number of nitrogens with zero attached hydrogens (tertiary/aromatic N) is 1. The highest BCUT2D eigenvalue weighted by Gasteiger charge is 2.18. The van der Waals surface area contributed by atoms with Crippen LogP contribution in [-0.4, -0.2) is 10.1 Å². The van der Waals surface area contributed by atoms with Crippen molar-refractivity contribution < 1.29 is 9.50 Å². The molecule has 2 aromatic carbocycles. The molecular formula is C15H7Br3FNO. The number of benzene rings is 2. The van der Waals surface area contributed by atoms with E-state index in [0.29, 0.717) is 31.0 Å². The van der Waals surface area contributed by atoms with Gasteiger partial charge in [0.05, 0.1) is 14.5 Å². The molecule has 0 unspecified atom stereocenters. The Kier molecular flexibility index (Phi) is 4.03. The first-order valence-electron chi connectivity index (χ1n) is 5.90. The van der Waals surface area contributed by atoms with Crippen LogP contribution in [0.2, 0.25) is 0 Å². The molecule has 0 bridgehead atoms. The molecule has 0 saturated carbocycles. The topological polar surface area (TPSA) is 33.1 Å². The van der Waals surface area contributed by atoms with Gasteiger partial charge in [0.15, 0.2) is 0 Å². The fourth-order valence-electron chi connectivity index (χ4n) is 2.17. The third-order valence-corrected chi connectivity index (χ3v) is 5.09. The minimum Gasteiger partial charge on any atom is -0.506 e. The van der Waals surface area contributed by atoms with E-state index in [-0.39, 0.29) is 11.6 Å². The molecule has 0 fully saturated rings. The predicted octanol–water partition coefficient (Wildman–Crippen LogP) is 6.03. The Labute approximate surface area is 145 Å². The molecule has 0 spiro atoms. The average molecular weight is 476 g/mol. The van der Waals surface area contributed by atoms with E-state index in [9.17, 15) is 9.50 Å². The maximum absolute atomic E-state index is 13.9. The van der Waals surface area contributed by atoms with Crippen molar-refractivity contribution in [3.8, 4) is 16.9 Å². The highest BCUT2D eigenvalue weighted by molar-refractivity contribution is 9.11. The van der Waals surface area contributed by atoms with Crippen LogP contribution in [0.25, 0.3) is 22.0 Å². The molecule has 2 nitrogen and oxygen atoms in total. The second-order valence-corrected chi connectivity index (χ2v) is 6.91. The summed E-state index contributed by atoms with van der Waals surface area (Å²) in [4.78, 5) is 4.33. The van der Waals surface area contributed by atoms with Crippen LogP contribution in [0.15, 0.2) is 49.9 Å². The van der Waals surface area contributed by atoms with Crippen LogP contribution in [0, 0.1) is 5.82 Å². The van der Waals surface area contributed by atoms with Crippen LogP contribution in [0.5, 0.6) is 5.75 Å². The summed E-state index contributed by atoms with van der Waals surface area (Å²) in [7, 11) is 0. The molecular weight excluding hydrogens is 469 g/mol. The first-order chi connectivity index (χ1) is 9.99. The Balaban J connectivity index is 2.44. The summed E-state index contributed by atoms with van der Waals surface area (Å²) in [5.74, 6) is -0.298. The maximum atomic E-state index is 13.9. The van der Waals surface area contributed by atoms with E-state index in [1.54, 1.807) is 24.4 Å². The number of fused-ring (bicyclic) bond motifs is 1. The molecule has 6 heteroatoms. The highest BCUT2D eigenvalue weighted by atomic mass is 79.9. The van der Waals surface area contributed by atoms with Crippen LogP contribution in [0.1, 0.15) is 0 Å². The Morgan fingerprint density at radius 2 is 1.81 bits per heavy atom. The number of aromatic nitrogens is 1. The van der Waals surface area contributed by atoms with Crippen molar-refractivity contribution in [2.45, 2.75) is 0 Å². The zero-order valence-electron chi connectivity index (χ0n) is 10.4. The van der Waals surface area contributed by atoms with Gasteiger partial charge in [0.1, 0.15) is 11.6 Å². The lowest BCUT2D eigenvalue weighted by Gasteiger charge is -2.13. The summed E-state index contributed by atoms with van der Waals surface area (Å²) < 4.78 is 15.6. The van der Waals surface area contributed by atoms with E-state index in [2.05, 4.69) is 52.8 Å². The lowest BCUT2D eigenvalue weighted by molar-refractivity contribution is 0.468. The van der Waals surface area contributed by atoms with Gasteiger partial charge in [0.2, 0.25) is 0 Å². The Bertz CT molecular complexity index is 867. The van der Waals surface area contributed by atoms with Crippen molar-refractivity contribution in [2.75, 3.05) is 0 Å². The molecule has 3 aromatic rings. The minimum absolute atomic E-state index is 0.0570. The number of halogens is 4. The second kappa shape index (κ2) is 5.66. The second-order valence-electron chi connectivity index (χ2n) is 4.41. The lowest BCUT2D eigenvalue weighted by Crippen LogP contribution is -1.90. The molecule has 0 radical (unpaired) electrons. The van der Waals surface area contributed by atoms with Gasteiger partial charge in [-0.1, -0.05) is 22.0 Å². The Morgan fingerprint density at radius 1 is 1.05 bits per heavy atom. The summed E-state index contributed by atoms with van der Waals surface area (Å²) in [6.07, 6.45) is 1.66. The number of phenols is 1. The zero-order valence-corrected chi connectivity index (χ0v) is 15.1. The third kappa shape index (κ3) is 2.60. The smallest absolute Gasteiger partial charge is 0.144 e. The molecule has 0 aliphatic rings. The van der Waals surface area contributed by atoms with Crippen molar-refractivity contribution in [2.24, 2.45) is 0 Å². The summed E-state index contributed by atoms with van der Waals surface area (Å²) in [6.45, 7) is 0.